The van der Waals surface area contributed by atoms with Crippen LogP contribution in [0.1, 0.15) is 39.5 Å². The number of aliphatic hydroxyl groups is 1. The summed E-state index contributed by atoms with van der Waals surface area (Å²) in [6.07, 6.45) is 13.3. The van der Waals surface area contributed by atoms with Crippen molar-refractivity contribution in [2.75, 3.05) is 0 Å². The molecule has 4 aliphatic carbocycles. The van der Waals surface area contributed by atoms with Crippen LogP contribution in [0.25, 0.3) is 0 Å². The van der Waals surface area contributed by atoms with Gasteiger partial charge in [-0.25, -0.2) is 0 Å². The first kappa shape index (κ1) is 12.2. The van der Waals surface area contributed by atoms with E-state index < -0.39 is 11.0 Å². The fourth-order valence-electron chi connectivity index (χ4n) is 4.34. The summed E-state index contributed by atoms with van der Waals surface area (Å²) in [5, 5.41) is 10.6. The zero-order chi connectivity index (χ0) is 13.0. The van der Waals surface area contributed by atoms with E-state index in [1.807, 2.05) is 13.0 Å². The van der Waals surface area contributed by atoms with Crippen LogP contribution in [0.3, 0.4) is 0 Å². The summed E-state index contributed by atoms with van der Waals surface area (Å²) in [6, 6.07) is 0. The molecule has 2 heteroatoms. The molecule has 1 N–H and O–H groups in total. The number of allylic oxidation sites excluding steroid dienone is 3. The SMILES string of the molecule is C[C@@]1(O)C(=O)[C@@]2(C)C=C[C@@H]1[C@@H]1CCCC/C=C\[C@@H]12. The minimum atomic E-state index is -1.17. The Balaban J connectivity index is 2.10. The van der Waals surface area contributed by atoms with Gasteiger partial charge in [0, 0.05) is 5.92 Å². The van der Waals surface area contributed by atoms with Crippen molar-refractivity contribution in [3.05, 3.63) is 24.3 Å². The number of hydrogen-bond donors (Lipinski definition) is 1. The lowest BCUT2D eigenvalue weighted by Crippen LogP contribution is -2.63. The highest BCUT2D eigenvalue weighted by Gasteiger charge is 2.61. The molecule has 18 heavy (non-hydrogen) atoms. The fraction of sp³-hybridized carbons (Fsp3) is 0.688. The highest BCUT2D eigenvalue weighted by atomic mass is 16.3. The van der Waals surface area contributed by atoms with E-state index >= 15 is 0 Å². The van der Waals surface area contributed by atoms with Crippen molar-refractivity contribution in [3.8, 4) is 0 Å². The van der Waals surface area contributed by atoms with Crippen molar-refractivity contribution in [3.63, 3.8) is 0 Å². The van der Waals surface area contributed by atoms with Crippen molar-refractivity contribution in [1.29, 1.82) is 0 Å². The number of carbonyl (C=O) groups is 1. The van der Waals surface area contributed by atoms with Gasteiger partial charge >= 0.3 is 0 Å². The lowest BCUT2D eigenvalue weighted by molar-refractivity contribution is -0.165. The average molecular weight is 246 g/mol. The van der Waals surface area contributed by atoms with E-state index in [9.17, 15) is 9.90 Å². The van der Waals surface area contributed by atoms with E-state index in [2.05, 4.69) is 18.2 Å². The van der Waals surface area contributed by atoms with E-state index in [1.54, 1.807) is 6.92 Å². The van der Waals surface area contributed by atoms with E-state index in [0.717, 1.165) is 12.8 Å². The molecule has 4 aliphatic rings. The molecular weight excluding hydrogens is 224 g/mol. The molecule has 0 amide bonds. The molecule has 98 valence electrons. The lowest BCUT2D eigenvalue weighted by atomic mass is 9.48. The van der Waals surface area contributed by atoms with Crippen LogP contribution in [0.4, 0.5) is 0 Å². The molecule has 2 nitrogen and oxygen atoms in total. The van der Waals surface area contributed by atoms with Gasteiger partial charge < -0.3 is 5.11 Å². The molecule has 2 bridgehead atoms. The number of ketones is 1. The van der Waals surface area contributed by atoms with E-state index in [-0.39, 0.29) is 17.6 Å². The monoisotopic (exact) mass is 246 g/mol. The van der Waals surface area contributed by atoms with Gasteiger partial charge in [-0.05, 0) is 44.9 Å². The van der Waals surface area contributed by atoms with Crippen LogP contribution in [-0.4, -0.2) is 16.5 Å². The van der Waals surface area contributed by atoms with Crippen molar-refractivity contribution in [2.24, 2.45) is 23.2 Å². The summed E-state index contributed by atoms with van der Waals surface area (Å²) in [6.45, 7) is 3.71. The maximum atomic E-state index is 12.5. The Bertz CT molecular complexity index is 432. The van der Waals surface area contributed by atoms with Crippen molar-refractivity contribution in [1.82, 2.24) is 0 Å². The Morgan fingerprint density at radius 1 is 1.22 bits per heavy atom. The topological polar surface area (TPSA) is 37.3 Å². The van der Waals surface area contributed by atoms with Crippen LogP contribution < -0.4 is 0 Å². The zero-order valence-corrected chi connectivity index (χ0v) is 11.2. The number of rotatable bonds is 0. The Morgan fingerprint density at radius 2 is 2.00 bits per heavy atom. The van der Waals surface area contributed by atoms with Crippen molar-refractivity contribution >= 4 is 5.78 Å². The van der Waals surface area contributed by atoms with Crippen LogP contribution in [0.15, 0.2) is 24.3 Å². The summed E-state index contributed by atoms with van der Waals surface area (Å²) < 4.78 is 0. The standard InChI is InChI=1S/C16H22O2/c1-15-10-9-13(16(2,18)14(15)17)11-7-5-3-4-6-8-12(11)15/h6,8-13,18H,3-5,7H2,1-2H3/b8-6-/t11-,12+,13-,15+,16+/m1/s1. The summed E-state index contributed by atoms with van der Waals surface area (Å²) >= 11 is 0. The second-order valence-corrected chi connectivity index (χ2v) is 6.55. The quantitative estimate of drug-likeness (QED) is 0.667. The maximum Gasteiger partial charge on any atom is 0.174 e. The Morgan fingerprint density at radius 3 is 2.78 bits per heavy atom. The van der Waals surface area contributed by atoms with Gasteiger partial charge in [0.05, 0.1) is 5.41 Å². The largest absolute Gasteiger partial charge is 0.382 e. The van der Waals surface area contributed by atoms with E-state index in [1.165, 1.54) is 12.8 Å². The number of fused-ring (bicyclic) bond motifs is 1. The second-order valence-electron chi connectivity index (χ2n) is 6.55. The van der Waals surface area contributed by atoms with Crippen LogP contribution in [0.2, 0.25) is 0 Å². The van der Waals surface area contributed by atoms with Gasteiger partial charge in [0.25, 0.3) is 0 Å². The fourth-order valence-corrected chi connectivity index (χ4v) is 4.34. The number of carbonyl (C=O) groups excluding carboxylic acids is 1. The zero-order valence-electron chi connectivity index (χ0n) is 11.2. The minimum absolute atomic E-state index is 0.000394. The third-order valence-electron chi connectivity index (χ3n) is 5.36. The van der Waals surface area contributed by atoms with Gasteiger partial charge in [0.15, 0.2) is 5.78 Å². The van der Waals surface area contributed by atoms with Crippen molar-refractivity contribution < 1.29 is 9.90 Å². The second kappa shape index (κ2) is 3.80. The van der Waals surface area contributed by atoms with Gasteiger partial charge in [-0.2, -0.15) is 0 Å². The molecule has 0 aliphatic heterocycles. The van der Waals surface area contributed by atoms with Crippen molar-refractivity contribution in [2.45, 2.75) is 45.1 Å². The first-order valence-electron chi connectivity index (χ1n) is 7.11. The third-order valence-corrected chi connectivity index (χ3v) is 5.36. The molecule has 0 aromatic rings. The van der Waals surface area contributed by atoms with E-state index in [0.29, 0.717) is 5.92 Å². The van der Waals surface area contributed by atoms with Gasteiger partial charge in [-0.15, -0.1) is 0 Å². The lowest BCUT2D eigenvalue weighted by Gasteiger charge is -2.56. The first-order valence-corrected chi connectivity index (χ1v) is 7.11. The van der Waals surface area contributed by atoms with Gasteiger partial charge in [0.2, 0.25) is 0 Å². The Kier molecular flexibility index (Phi) is 2.57. The molecule has 0 aromatic heterocycles. The smallest absolute Gasteiger partial charge is 0.174 e. The summed E-state index contributed by atoms with van der Waals surface area (Å²) in [7, 11) is 0. The normalized spacial score (nSPS) is 52.6. The first-order chi connectivity index (χ1) is 8.48. The molecule has 0 spiro atoms. The Hall–Kier alpha value is -0.890. The predicted molar refractivity (Wildman–Crippen MR) is 71.0 cm³/mol. The number of hydrogen-bond acceptors (Lipinski definition) is 2. The minimum Gasteiger partial charge on any atom is -0.382 e. The van der Waals surface area contributed by atoms with Crippen LogP contribution >= 0.6 is 0 Å². The molecule has 1 saturated carbocycles. The highest BCUT2D eigenvalue weighted by molar-refractivity contribution is 5.96. The predicted octanol–water partition coefficient (Wildman–Crippen LogP) is 2.88. The van der Waals surface area contributed by atoms with Crippen LogP contribution in [0.5, 0.6) is 0 Å². The van der Waals surface area contributed by atoms with E-state index in [4.69, 9.17) is 0 Å². The molecule has 1 fully saturated rings. The van der Waals surface area contributed by atoms with Gasteiger partial charge in [-0.3, -0.25) is 4.79 Å². The van der Waals surface area contributed by atoms with Crippen LogP contribution in [-0.2, 0) is 4.79 Å². The van der Waals surface area contributed by atoms with Gasteiger partial charge in [0.1, 0.15) is 5.60 Å². The molecule has 0 unspecified atom stereocenters. The summed E-state index contributed by atoms with van der Waals surface area (Å²) in [5.41, 5.74) is -1.67. The van der Waals surface area contributed by atoms with Crippen LogP contribution in [0, 0.1) is 23.2 Å². The Labute approximate surface area is 109 Å². The molecule has 0 radical (unpaired) electrons. The molecule has 4 rings (SSSR count). The maximum absolute atomic E-state index is 12.5. The highest BCUT2D eigenvalue weighted by Crippen LogP contribution is 2.56. The third kappa shape index (κ3) is 1.41. The molecule has 5 atom stereocenters. The van der Waals surface area contributed by atoms with Gasteiger partial charge in [-0.1, -0.05) is 30.7 Å². The molecular formula is C16H22O2. The molecule has 0 heterocycles. The average Bonchev–Trinajstić information content (AvgIpc) is 2.27. The number of Topliss-reactive ketones (excluding diaryl/α,β-unsaturated/α-hetero) is 1. The molecule has 0 saturated heterocycles. The summed E-state index contributed by atoms with van der Waals surface area (Å²) in [4.78, 5) is 12.5. The molecule has 0 aromatic carbocycles. The summed E-state index contributed by atoms with van der Waals surface area (Å²) in [5.74, 6) is 0.707.